The Labute approximate surface area is 163 Å². The van der Waals surface area contributed by atoms with Crippen molar-refractivity contribution < 1.29 is 14.3 Å². The highest BCUT2D eigenvalue weighted by Gasteiger charge is 2.31. The molecule has 2 aliphatic heterocycles. The van der Waals surface area contributed by atoms with Gasteiger partial charge in [0.25, 0.3) is 11.8 Å². The van der Waals surface area contributed by atoms with E-state index in [9.17, 15) is 9.59 Å². The van der Waals surface area contributed by atoms with E-state index in [-0.39, 0.29) is 17.9 Å². The molecule has 1 atom stereocenters. The average Bonchev–Trinajstić information content (AvgIpc) is 2.67. The van der Waals surface area contributed by atoms with Crippen molar-refractivity contribution in [1.82, 2.24) is 4.90 Å². The molecular weight excluding hydrogens is 364 g/mol. The summed E-state index contributed by atoms with van der Waals surface area (Å²) < 4.78 is 5.83. The van der Waals surface area contributed by atoms with Gasteiger partial charge in [-0.3, -0.25) is 9.59 Å². The lowest BCUT2D eigenvalue weighted by Gasteiger charge is -2.37. The van der Waals surface area contributed by atoms with E-state index in [0.717, 1.165) is 32.2 Å². The number of hydrogen-bond donors (Lipinski definition) is 1. The number of anilines is 1. The number of rotatable bonds is 2. The Morgan fingerprint density at radius 3 is 2.89 bits per heavy atom. The number of carbonyl (C=O) groups is 2. The van der Waals surface area contributed by atoms with Crippen LogP contribution in [0.15, 0.2) is 42.5 Å². The summed E-state index contributed by atoms with van der Waals surface area (Å²) in [4.78, 5) is 27.5. The molecule has 1 saturated heterocycles. The third kappa shape index (κ3) is 3.78. The topological polar surface area (TPSA) is 58.6 Å². The SMILES string of the molecule is O=C(Nc1ccc2c(c1)C(=O)N1CCCCC1CCO2)c1cccc(Cl)c1. The second kappa shape index (κ2) is 7.61. The van der Waals surface area contributed by atoms with Crippen LogP contribution in [-0.2, 0) is 0 Å². The molecule has 0 radical (unpaired) electrons. The Hall–Kier alpha value is -2.53. The molecule has 140 valence electrons. The molecule has 1 N–H and O–H groups in total. The van der Waals surface area contributed by atoms with Crippen LogP contribution in [0.2, 0.25) is 5.02 Å². The van der Waals surface area contributed by atoms with E-state index in [0.29, 0.717) is 34.2 Å². The molecule has 2 aromatic carbocycles. The molecule has 0 aliphatic carbocycles. The molecule has 2 amide bonds. The third-order valence-corrected chi connectivity index (χ3v) is 5.39. The Bertz CT molecular complexity index is 883. The van der Waals surface area contributed by atoms with Crippen LogP contribution in [0.25, 0.3) is 0 Å². The van der Waals surface area contributed by atoms with Crippen molar-refractivity contribution in [1.29, 1.82) is 0 Å². The zero-order valence-electron chi connectivity index (χ0n) is 14.9. The van der Waals surface area contributed by atoms with E-state index in [4.69, 9.17) is 16.3 Å². The van der Waals surface area contributed by atoms with Gasteiger partial charge in [-0.1, -0.05) is 17.7 Å². The fraction of sp³-hybridized carbons (Fsp3) is 0.333. The first kappa shape index (κ1) is 17.9. The number of piperidine rings is 1. The van der Waals surface area contributed by atoms with Gasteiger partial charge in [0.2, 0.25) is 0 Å². The van der Waals surface area contributed by atoms with Crippen LogP contribution in [0.5, 0.6) is 5.75 Å². The first-order chi connectivity index (χ1) is 13.1. The first-order valence-electron chi connectivity index (χ1n) is 9.26. The molecule has 6 heteroatoms. The minimum Gasteiger partial charge on any atom is -0.493 e. The highest BCUT2D eigenvalue weighted by Crippen LogP contribution is 2.31. The van der Waals surface area contributed by atoms with Crippen LogP contribution < -0.4 is 10.1 Å². The van der Waals surface area contributed by atoms with Gasteiger partial charge in [0.15, 0.2) is 0 Å². The van der Waals surface area contributed by atoms with Crippen LogP contribution in [0.1, 0.15) is 46.4 Å². The van der Waals surface area contributed by atoms with E-state index in [1.54, 1.807) is 42.5 Å². The summed E-state index contributed by atoms with van der Waals surface area (Å²) in [5, 5.41) is 3.34. The standard InChI is InChI=1S/C21H21ClN2O3/c22-15-5-3-4-14(12-15)20(25)23-16-7-8-19-18(13-16)21(26)24-10-2-1-6-17(24)9-11-27-19/h3-5,7-8,12-13,17H,1-2,6,9-11H2,(H,23,25). The molecule has 2 aliphatic rings. The van der Waals surface area contributed by atoms with Crippen molar-refractivity contribution in [3.63, 3.8) is 0 Å². The van der Waals surface area contributed by atoms with Crippen molar-refractivity contribution in [3.8, 4) is 5.75 Å². The van der Waals surface area contributed by atoms with Crippen molar-refractivity contribution in [2.24, 2.45) is 0 Å². The van der Waals surface area contributed by atoms with Gasteiger partial charge in [0.1, 0.15) is 5.75 Å². The van der Waals surface area contributed by atoms with E-state index in [2.05, 4.69) is 5.32 Å². The van der Waals surface area contributed by atoms with Crippen LogP contribution in [0.3, 0.4) is 0 Å². The van der Waals surface area contributed by atoms with Gasteiger partial charge in [0, 0.05) is 35.3 Å². The number of halogens is 1. The van der Waals surface area contributed by atoms with Gasteiger partial charge in [-0.15, -0.1) is 0 Å². The Morgan fingerprint density at radius 2 is 2.04 bits per heavy atom. The molecule has 27 heavy (non-hydrogen) atoms. The zero-order valence-corrected chi connectivity index (χ0v) is 15.7. The van der Waals surface area contributed by atoms with Gasteiger partial charge in [-0.05, 0) is 55.7 Å². The van der Waals surface area contributed by atoms with E-state index >= 15 is 0 Å². The molecule has 5 nitrogen and oxygen atoms in total. The molecule has 2 heterocycles. The lowest BCUT2D eigenvalue weighted by atomic mass is 9.97. The Balaban J connectivity index is 1.60. The molecule has 1 unspecified atom stereocenters. The zero-order chi connectivity index (χ0) is 18.8. The Kier molecular flexibility index (Phi) is 5.03. The molecule has 0 aromatic heterocycles. The third-order valence-electron chi connectivity index (χ3n) is 5.15. The van der Waals surface area contributed by atoms with Crippen molar-refractivity contribution >= 4 is 29.1 Å². The van der Waals surface area contributed by atoms with Crippen LogP contribution in [-0.4, -0.2) is 35.9 Å². The van der Waals surface area contributed by atoms with Crippen molar-refractivity contribution in [2.75, 3.05) is 18.5 Å². The number of benzene rings is 2. The summed E-state index contributed by atoms with van der Waals surface area (Å²) in [7, 11) is 0. The molecule has 1 fully saturated rings. The van der Waals surface area contributed by atoms with Gasteiger partial charge < -0.3 is 15.0 Å². The maximum absolute atomic E-state index is 13.1. The van der Waals surface area contributed by atoms with E-state index in [1.807, 2.05) is 4.90 Å². The summed E-state index contributed by atoms with van der Waals surface area (Å²) in [5.41, 5.74) is 1.53. The molecule has 4 rings (SSSR count). The van der Waals surface area contributed by atoms with Gasteiger partial charge >= 0.3 is 0 Å². The molecular formula is C21H21ClN2O3. The number of nitrogens with zero attached hydrogens (tertiary/aromatic N) is 1. The highest BCUT2D eigenvalue weighted by atomic mass is 35.5. The summed E-state index contributed by atoms with van der Waals surface area (Å²) in [6.45, 7) is 1.37. The predicted molar refractivity (Wildman–Crippen MR) is 105 cm³/mol. The van der Waals surface area contributed by atoms with Crippen LogP contribution >= 0.6 is 11.6 Å². The fourth-order valence-corrected chi connectivity index (χ4v) is 3.95. The lowest BCUT2D eigenvalue weighted by molar-refractivity contribution is 0.0548. The normalized spacial score (nSPS) is 19.2. The summed E-state index contributed by atoms with van der Waals surface area (Å²) in [6, 6.07) is 12.2. The molecule has 0 saturated carbocycles. The maximum Gasteiger partial charge on any atom is 0.257 e. The second-order valence-corrected chi connectivity index (χ2v) is 7.40. The largest absolute Gasteiger partial charge is 0.493 e. The monoisotopic (exact) mass is 384 g/mol. The number of fused-ring (bicyclic) bond motifs is 2. The first-order valence-corrected chi connectivity index (χ1v) is 9.64. The minimum absolute atomic E-state index is 0.0201. The minimum atomic E-state index is -0.271. The molecule has 0 spiro atoms. The smallest absolute Gasteiger partial charge is 0.257 e. The van der Waals surface area contributed by atoms with Crippen molar-refractivity contribution in [3.05, 3.63) is 58.6 Å². The number of hydrogen-bond acceptors (Lipinski definition) is 3. The fourth-order valence-electron chi connectivity index (χ4n) is 3.76. The van der Waals surface area contributed by atoms with Gasteiger partial charge in [-0.25, -0.2) is 0 Å². The second-order valence-electron chi connectivity index (χ2n) is 6.96. The lowest BCUT2D eigenvalue weighted by Crippen LogP contribution is -2.45. The Morgan fingerprint density at radius 1 is 1.15 bits per heavy atom. The predicted octanol–water partition coefficient (Wildman–Crippen LogP) is 4.37. The van der Waals surface area contributed by atoms with E-state index in [1.165, 1.54) is 0 Å². The number of nitrogens with one attached hydrogen (secondary N) is 1. The van der Waals surface area contributed by atoms with Crippen LogP contribution in [0, 0.1) is 0 Å². The molecule has 2 aromatic rings. The number of amides is 2. The highest BCUT2D eigenvalue weighted by molar-refractivity contribution is 6.31. The number of carbonyl (C=O) groups excluding carboxylic acids is 2. The van der Waals surface area contributed by atoms with Gasteiger partial charge in [-0.2, -0.15) is 0 Å². The summed E-state index contributed by atoms with van der Waals surface area (Å²) in [6.07, 6.45) is 4.06. The summed E-state index contributed by atoms with van der Waals surface area (Å²) in [5.74, 6) is 0.283. The quantitative estimate of drug-likeness (QED) is 0.836. The number of ether oxygens (including phenoxy) is 1. The van der Waals surface area contributed by atoms with Crippen LogP contribution in [0.4, 0.5) is 5.69 Å². The molecule has 0 bridgehead atoms. The van der Waals surface area contributed by atoms with E-state index < -0.39 is 0 Å². The average molecular weight is 385 g/mol. The maximum atomic E-state index is 13.1. The summed E-state index contributed by atoms with van der Waals surface area (Å²) >= 11 is 5.96. The van der Waals surface area contributed by atoms with Gasteiger partial charge in [0.05, 0.1) is 12.2 Å². The van der Waals surface area contributed by atoms with Crippen molar-refractivity contribution in [2.45, 2.75) is 31.7 Å².